The minimum absolute atomic E-state index is 0.475. The van der Waals surface area contributed by atoms with Gasteiger partial charge in [0.1, 0.15) is 18.1 Å². The molecule has 0 bridgehead atoms. The molecule has 0 aromatic heterocycles. The SMILES string of the molecule is COc1ccc(CCN)cc1COc1ccc(Br)cc1. The molecule has 20 heavy (non-hydrogen) atoms. The van der Waals surface area contributed by atoms with Gasteiger partial charge >= 0.3 is 0 Å². The highest BCUT2D eigenvalue weighted by atomic mass is 79.9. The first-order valence-corrected chi connectivity index (χ1v) is 7.26. The lowest BCUT2D eigenvalue weighted by molar-refractivity contribution is 0.296. The van der Waals surface area contributed by atoms with Crippen LogP contribution in [-0.2, 0) is 13.0 Å². The van der Waals surface area contributed by atoms with Crippen LogP contribution in [-0.4, -0.2) is 13.7 Å². The number of rotatable bonds is 6. The Morgan fingerprint density at radius 3 is 2.50 bits per heavy atom. The van der Waals surface area contributed by atoms with Crippen LogP contribution in [0.5, 0.6) is 11.5 Å². The van der Waals surface area contributed by atoms with Crippen LogP contribution in [0, 0.1) is 0 Å². The molecule has 3 nitrogen and oxygen atoms in total. The molecule has 0 saturated carbocycles. The van der Waals surface area contributed by atoms with Gasteiger partial charge in [-0.15, -0.1) is 0 Å². The number of benzene rings is 2. The van der Waals surface area contributed by atoms with Crippen LogP contribution >= 0.6 is 15.9 Å². The number of methoxy groups -OCH3 is 1. The molecule has 2 N–H and O–H groups in total. The first-order chi connectivity index (χ1) is 9.72. The fourth-order valence-corrected chi connectivity index (χ4v) is 2.22. The van der Waals surface area contributed by atoms with E-state index in [-0.39, 0.29) is 0 Å². The van der Waals surface area contributed by atoms with Crippen molar-refractivity contribution in [2.24, 2.45) is 5.73 Å². The molecule has 0 atom stereocenters. The predicted molar refractivity (Wildman–Crippen MR) is 84.2 cm³/mol. The third kappa shape index (κ3) is 3.99. The highest BCUT2D eigenvalue weighted by Gasteiger charge is 2.05. The van der Waals surface area contributed by atoms with E-state index in [4.69, 9.17) is 15.2 Å². The van der Waals surface area contributed by atoms with Gasteiger partial charge in [-0.3, -0.25) is 0 Å². The molecule has 0 saturated heterocycles. The van der Waals surface area contributed by atoms with Crippen molar-refractivity contribution in [3.8, 4) is 11.5 Å². The Morgan fingerprint density at radius 2 is 1.85 bits per heavy atom. The molecule has 2 aromatic rings. The van der Waals surface area contributed by atoms with Crippen molar-refractivity contribution in [1.82, 2.24) is 0 Å². The molecule has 2 aromatic carbocycles. The molecule has 0 unspecified atom stereocenters. The maximum absolute atomic E-state index is 5.79. The molecule has 2 rings (SSSR count). The van der Waals surface area contributed by atoms with Gasteiger partial charge in [-0.2, -0.15) is 0 Å². The summed E-state index contributed by atoms with van der Waals surface area (Å²) < 4.78 is 12.2. The van der Waals surface area contributed by atoms with E-state index in [1.165, 1.54) is 5.56 Å². The first-order valence-electron chi connectivity index (χ1n) is 6.47. The van der Waals surface area contributed by atoms with Gasteiger partial charge in [0.25, 0.3) is 0 Å². The Labute approximate surface area is 127 Å². The molecular formula is C16H18BrNO2. The van der Waals surface area contributed by atoms with E-state index in [1.807, 2.05) is 36.4 Å². The van der Waals surface area contributed by atoms with Crippen LogP contribution in [0.4, 0.5) is 0 Å². The van der Waals surface area contributed by atoms with E-state index in [0.717, 1.165) is 28.0 Å². The Balaban J connectivity index is 2.10. The quantitative estimate of drug-likeness (QED) is 0.878. The third-order valence-electron chi connectivity index (χ3n) is 2.99. The molecule has 0 spiro atoms. The summed E-state index contributed by atoms with van der Waals surface area (Å²) in [4.78, 5) is 0. The molecule has 106 valence electrons. The topological polar surface area (TPSA) is 44.5 Å². The predicted octanol–water partition coefficient (Wildman–Crippen LogP) is 3.54. The zero-order chi connectivity index (χ0) is 14.4. The minimum Gasteiger partial charge on any atom is -0.496 e. The van der Waals surface area contributed by atoms with E-state index < -0.39 is 0 Å². The van der Waals surface area contributed by atoms with Crippen molar-refractivity contribution >= 4 is 15.9 Å². The Hall–Kier alpha value is -1.52. The van der Waals surface area contributed by atoms with Crippen LogP contribution in [0.3, 0.4) is 0 Å². The number of hydrogen-bond acceptors (Lipinski definition) is 3. The van der Waals surface area contributed by atoms with Crippen molar-refractivity contribution in [2.75, 3.05) is 13.7 Å². The van der Waals surface area contributed by atoms with Gasteiger partial charge in [0.15, 0.2) is 0 Å². The van der Waals surface area contributed by atoms with Crippen molar-refractivity contribution in [1.29, 1.82) is 0 Å². The Morgan fingerprint density at radius 1 is 1.10 bits per heavy atom. The highest BCUT2D eigenvalue weighted by molar-refractivity contribution is 9.10. The molecule has 0 aliphatic rings. The molecule has 0 aliphatic carbocycles. The summed E-state index contributed by atoms with van der Waals surface area (Å²) in [5.74, 6) is 1.67. The van der Waals surface area contributed by atoms with E-state index >= 15 is 0 Å². The largest absolute Gasteiger partial charge is 0.496 e. The highest BCUT2D eigenvalue weighted by Crippen LogP contribution is 2.23. The van der Waals surface area contributed by atoms with Gasteiger partial charge in [0.05, 0.1) is 7.11 Å². The molecule has 0 amide bonds. The van der Waals surface area contributed by atoms with Gasteiger partial charge in [0, 0.05) is 10.0 Å². The average molecular weight is 336 g/mol. The van der Waals surface area contributed by atoms with E-state index in [2.05, 4.69) is 22.0 Å². The van der Waals surface area contributed by atoms with Crippen LogP contribution in [0.1, 0.15) is 11.1 Å². The Kier molecular flexibility index (Phi) is 5.44. The smallest absolute Gasteiger partial charge is 0.125 e. The zero-order valence-electron chi connectivity index (χ0n) is 11.4. The molecule has 4 heteroatoms. The molecule has 0 radical (unpaired) electrons. The van der Waals surface area contributed by atoms with Gasteiger partial charge in [-0.1, -0.05) is 22.0 Å². The summed E-state index contributed by atoms with van der Waals surface area (Å²) in [5.41, 5.74) is 7.82. The van der Waals surface area contributed by atoms with Gasteiger partial charge in [-0.25, -0.2) is 0 Å². The Bertz CT molecular complexity index is 555. The molecule has 0 fully saturated rings. The van der Waals surface area contributed by atoms with E-state index in [0.29, 0.717) is 13.2 Å². The maximum atomic E-state index is 5.79. The normalized spacial score (nSPS) is 10.3. The summed E-state index contributed by atoms with van der Waals surface area (Å²) in [7, 11) is 1.67. The first kappa shape index (κ1) is 14.9. The third-order valence-corrected chi connectivity index (χ3v) is 3.51. The minimum atomic E-state index is 0.475. The monoisotopic (exact) mass is 335 g/mol. The summed E-state index contributed by atoms with van der Waals surface area (Å²) >= 11 is 3.40. The zero-order valence-corrected chi connectivity index (χ0v) is 13.0. The second-order valence-corrected chi connectivity index (χ2v) is 5.34. The van der Waals surface area contributed by atoms with Crippen molar-refractivity contribution < 1.29 is 9.47 Å². The number of hydrogen-bond donors (Lipinski definition) is 1. The summed E-state index contributed by atoms with van der Waals surface area (Å²) in [6.07, 6.45) is 0.856. The van der Waals surface area contributed by atoms with E-state index in [9.17, 15) is 0 Å². The van der Waals surface area contributed by atoms with Crippen LogP contribution in [0.2, 0.25) is 0 Å². The average Bonchev–Trinajstić information content (AvgIpc) is 2.47. The van der Waals surface area contributed by atoms with Crippen molar-refractivity contribution in [3.05, 3.63) is 58.1 Å². The van der Waals surface area contributed by atoms with Crippen LogP contribution in [0.25, 0.3) is 0 Å². The van der Waals surface area contributed by atoms with E-state index in [1.54, 1.807) is 7.11 Å². The van der Waals surface area contributed by atoms with Gasteiger partial charge in [-0.05, 0) is 54.9 Å². The van der Waals surface area contributed by atoms with Crippen LogP contribution < -0.4 is 15.2 Å². The van der Waals surface area contributed by atoms with Gasteiger partial charge < -0.3 is 15.2 Å². The molecule has 0 heterocycles. The van der Waals surface area contributed by atoms with Crippen molar-refractivity contribution in [3.63, 3.8) is 0 Å². The lowest BCUT2D eigenvalue weighted by Crippen LogP contribution is -2.05. The summed E-state index contributed by atoms with van der Waals surface area (Å²) in [5, 5.41) is 0. The fraction of sp³-hybridized carbons (Fsp3) is 0.250. The number of nitrogens with two attached hydrogens (primary N) is 1. The standard InChI is InChI=1S/C16H18BrNO2/c1-19-16-7-2-12(8-9-18)10-13(16)11-20-15-5-3-14(17)4-6-15/h2-7,10H,8-9,11,18H2,1H3. The van der Waals surface area contributed by atoms with Crippen LogP contribution in [0.15, 0.2) is 46.9 Å². The second-order valence-electron chi connectivity index (χ2n) is 4.43. The lowest BCUT2D eigenvalue weighted by Gasteiger charge is -2.12. The summed E-state index contributed by atoms with van der Waals surface area (Å²) in [6.45, 7) is 1.11. The maximum Gasteiger partial charge on any atom is 0.125 e. The summed E-state index contributed by atoms with van der Waals surface area (Å²) in [6, 6.07) is 13.9. The molecular weight excluding hydrogens is 318 g/mol. The van der Waals surface area contributed by atoms with Gasteiger partial charge in [0.2, 0.25) is 0 Å². The lowest BCUT2D eigenvalue weighted by atomic mass is 10.1. The fourth-order valence-electron chi connectivity index (χ4n) is 1.96. The molecule has 0 aliphatic heterocycles. The number of halogens is 1. The van der Waals surface area contributed by atoms with Crippen molar-refractivity contribution in [2.45, 2.75) is 13.0 Å². The second kappa shape index (κ2) is 7.31. The number of ether oxygens (including phenoxy) is 2.